The molecule has 0 aromatic heterocycles. The number of halogens is 1. The topological polar surface area (TPSA) is 35.2 Å². The predicted octanol–water partition coefficient (Wildman–Crippen LogP) is 2.85. The summed E-state index contributed by atoms with van der Waals surface area (Å²) in [7, 11) is 0. The van der Waals surface area contributed by atoms with E-state index in [1.54, 1.807) is 13.0 Å². The van der Waals surface area contributed by atoms with Crippen LogP contribution in [0.4, 0.5) is 0 Å². The maximum atomic E-state index is 5.93. The predicted molar refractivity (Wildman–Crippen MR) is 67.6 cm³/mol. The average molecular weight is 238 g/mol. The van der Waals surface area contributed by atoms with Gasteiger partial charge in [-0.15, -0.1) is 11.8 Å². The minimum Gasteiger partial charge on any atom is -0.489 e. The van der Waals surface area contributed by atoms with Crippen molar-refractivity contribution in [1.29, 1.82) is 0 Å². The van der Waals surface area contributed by atoms with Crippen molar-refractivity contribution in [3.63, 3.8) is 0 Å². The van der Waals surface area contributed by atoms with Crippen molar-refractivity contribution < 1.29 is 4.74 Å². The average Bonchev–Trinajstić information content (AvgIpc) is 2.25. The molecule has 1 aromatic carbocycles. The molecule has 0 radical (unpaired) electrons. The molecule has 0 aliphatic carbocycles. The molecule has 0 aliphatic rings. The van der Waals surface area contributed by atoms with Gasteiger partial charge in [0.25, 0.3) is 0 Å². The van der Waals surface area contributed by atoms with Crippen molar-refractivity contribution in [2.75, 3.05) is 0 Å². The monoisotopic (exact) mass is 237 g/mol. The molecular weight excluding hydrogens is 222 g/mol. The first-order valence-electron chi connectivity index (χ1n) is 5.21. The third-order valence-corrected chi connectivity index (χ3v) is 2.47. The first kappa shape index (κ1) is 12.9. The Hall–Kier alpha value is -1.17. The van der Waals surface area contributed by atoms with E-state index in [2.05, 4.69) is 11.8 Å². The van der Waals surface area contributed by atoms with Gasteiger partial charge in [-0.2, -0.15) is 0 Å². The number of rotatable bonds is 4. The fourth-order valence-electron chi connectivity index (χ4n) is 1.23. The second kappa shape index (κ2) is 6.42. The summed E-state index contributed by atoms with van der Waals surface area (Å²) in [6.07, 6.45) is 0.553. The zero-order chi connectivity index (χ0) is 12.0. The smallest absolute Gasteiger partial charge is 0.121 e. The van der Waals surface area contributed by atoms with Crippen molar-refractivity contribution in [1.82, 2.24) is 0 Å². The normalized spacial score (nSPS) is 13.5. The molecule has 2 N–H and O–H groups in total. The summed E-state index contributed by atoms with van der Waals surface area (Å²) >= 11 is 5.86. The molecule has 0 saturated heterocycles. The van der Waals surface area contributed by atoms with Gasteiger partial charge in [-0.25, -0.2) is 0 Å². The summed E-state index contributed by atoms with van der Waals surface area (Å²) in [4.78, 5) is 0. The molecule has 0 aliphatic heterocycles. The summed E-state index contributed by atoms with van der Waals surface area (Å²) < 4.78 is 5.68. The van der Waals surface area contributed by atoms with Gasteiger partial charge < -0.3 is 10.5 Å². The molecule has 0 bridgehead atoms. The maximum Gasteiger partial charge on any atom is 0.121 e. The lowest BCUT2D eigenvalue weighted by molar-refractivity contribution is 0.191. The zero-order valence-corrected chi connectivity index (χ0v) is 10.3. The van der Waals surface area contributed by atoms with Gasteiger partial charge in [-0.1, -0.05) is 17.7 Å². The number of hydrogen-bond donors (Lipinski definition) is 1. The first-order valence-corrected chi connectivity index (χ1v) is 5.58. The molecule has 2 unspecified atom stereocenters. The van der Waals surface area contributed by atoms with Crippen LogP contribution >= 0.6 is 11.6 Å². The quantitative estimate of drug-likeness (QED) is 0.818. The lowest BCUT2D eigenvalue weighted by Crippen LogP contribution is -2.36. The highest BCUT2D eigenvalue weighted by Crippen LogP contribution is 2.19. The van der Waals surface area contributed by atoms with E-state index < -0.39 is 0 Å². The molecule has 86 valence electrons. The third kappa shape index (κ3) is 4.14. The SMILES string of the molecule is CC#CCC(N)C(C)Oc1cccc(Cl)c1. The van der Waals surface area contributed by atoms with Crippen LogP contribution in [0.25, 0.3) is 0 Å². The molecule has 0 amide bonds. The molecule has 1 rings (SSSR count). The number of ether oxygens (including phenoxy) is 1. The summed E-state index contributed by atoms with van der Waals surface area (Å²) in [6, 6.07) is 7.20. The van der Waals surface area contributed by atoms with Crippen LogP contribution in [0, 0.1) is 11.8 Å². The van der Waals surface area contributed by atoms with Gasteiger partial charge in [0.15, 0.2) is 0 Å². The van der Waals surface area contributed by atoms with E-state index in [9.17, 15) is 0 Å². The van der Waals surface area contributed by atoms with Crippen molar-refractivity contribution >= 4 is 11.6 Å². The molecule has 0 fully saturated rings. The number of benzene rings is 1. The fourth-order valence-corrected chi connectivity index (χ4v) is 1.41. The minimum absolute atomic E-state index is 0.0840. The third-order valence-electron chi connectivity index (χ3n) is 2.24. The highest BCUT2D eigenvalue weighted by molar-refractivity contribution is 6.30. The van der Waals surface area contributed by atoms with E-state index in [-0.39, 0.29) is 12.1 Å². The van der Waals surface area contributed by atoms with Crippen molar-refractivity contribution in [2.24, 2.45) is 5.73 Å². The molecule has 16 heavy (non-hydrogen) atoms. The Morgan fingerprint density at radius 1 is 1.50 bits per heavy atom. The Kier molecular flexibility index (Phi) is 5.18. The minimum atomic E-state index is -0.0913. The van der Waals surface area contributed by atoms with Gasteiger partial charge in [0.05, 0.1) is 6.04 Å². The highest BCUT2D eigenvalue weighted by Gasteiger charge is 2.13. The van der Waals surface area contributed by atoms with Crippen LogP contribution < -0.4 is 10.5 Å². The Balaban J connectivity index is 2.55. The largest absolute Gasteiger partial charge is 0.489 e. The highest BCUT2D eigenvalue weighted by atomic mass is 35.5. The lowest BCUT2D eigenvalue weighted by Gasteiger charge is -2.19. The second-order valence-electron chi connectivity index (χ2n) is 3.58. The van der Waals surface area contributed by atoms with Crippen LogP contribution in [0.2, 0.25) is 5.02 Å². The van der Waals surface area contributed by atoms with Crippen LogP contribution in [0.15, 0.2) is 24.3 Å². The summed E-state index contributed by atoms with van der Waals surface area (Å²) in [5.41, 5.74) is 5.93. The van der Waals surface area contributed by atoms with Crippen LogP contribution in [0.5, 0.6) is 5.75 Å². The van der Waals surface area contributed by atoms with Gasteiger partial charge in [0.1, 0.15) is 11.9 Å². The molecule has 2 atom stereocenters. The summed E-state index contributed by atoms with van der Waals surface area (Å²) in [5.74, 6) is 6.50. The van der Waals surface area contributed by atoms with E-state index in [1.165, 1.54) is 0 Å². The van der Waals surface area contributed by atoms with Crippen LogP contribution in [-0.2, 0) is 0 Å². The molecule has 0 heterocycles. The molecule has 2 nitrogen and oxygen atoms in total. The van der Waals surface area contributed by atoms with E-state index in [1.807, 2.05) is 25.1 Å². The van der Waals surface area contributed by atoms with Crippen molar-refractivity contribution in [3.05, 3.63) is 29.3 Å². The van der Waals surface area contributed by atoms with Crippen LogP contribution in [-0.4, -0.2) is 12.1 Å². The lowest BCUT2D eigenvalue weighted by atomic mass is 10.1. The van der Waals surface area contributed by atoms with Gasteiger partial charge in [0, 0.05) is 11.4 Å². The fraction of sp³-hybridized carbons (Fsp3) is 0.385. The Labute approximate surface area is 102 Å². The van der Waals surface area contributed by atoms with Crippen molar-refractivity contribution in [2.45, 2.75) is 32.4 Å². The van der Waals surface area contributed by atoms with Crippen molar-refractivity contribution in [3.8, 4) is 17.6 Å². The molecular formula is C13H16ClNO. The molecule has 1 aromatic rings. The Morgan fingerprint density at radius 2 is 2.25 bits per heavy atom. The maximum absolute atomic E-state index is 5.93. The second-order valence-corrected chi connectivity index (χ2v) is 4.01. The zero-order valence-electron chi connectivity index (χ0n) is 9.53. The standard InChI is InChI=1S/C13H16ClNO/c1-3-4-8-13(15)10(2)16-12-7-5-6-11(14)9-12/h5-7,9-10,13H,8,15H2,1-2H3. The summed E-state index contributed by atoms with van der Waals surface area (Å²) in [6.45, 7) is 3.73. The van der Waals surface area contributed by atoms with Crippen LogP contribution in [0.1, 0.15) is 20.3 Å². The van der Waals surface area contributed by atoms with Gasteiger partial charge in [-0.05, 0) is 32.0 Å². The number of hydrogen-bond acceptors (Lipinski definition) is 2. The van der Waals surface area contributed by atoms with Gasteiger partial charge in [-0.3, -0.25) is 0 Å². The van der Waals surface area contributed by atoms with Gasteiger partial charge in [0.2, 0.25) is 0 Å². The van der Waals surface area contributed by atoms with Crippen LogP contribution in [0.3, 0.4) is 0 Å². The first-order chi connectivity index (χ1) is 7.63. The van der Waals surface area contributed by atoms with E-state index in [0.717, 1.165) is 5.75 Å². The molecule has 0 saturated carbocycles. The van der Waals surface area contributed by atoms with E-state index in [4.69, 9.17) is 22.1 Å². The van der Waals surface area contributed by atoms with Gasteiger partial charge >= 0.3 is 0 Å². The number of nitrogens with two attached hydrogens (primary N) is 1. The molecule has 3 heteroatoms. The Morgan fingerprint density at radius 3 is 2.88 bits per heavy atom. The Bertz CT molecular complexity index is 394. The van der Waals surface area contributed by atoms with E-state index >= 15 is 0 Å². The molecule has 0 spiro atoms. The van der Waals surface area contributed by atoms with E-state index in [0.29, 0.717) is 11.4 Å². The summed E-state index contributed by atoms with van der Waals surface area (Å²) in [5, 5.41) is 0.659.